The second kappa shape index (κ2) is 8.09. The standard InChI is InChI=1S/C11H21O2/c1-4-6-10(3)8-9-13-11(12)7-5-2/h10H,1,4-9H2,2-3H3. The van der Waals surface area contributed by atoms with Gasteiger partial charge in [0.25, 0.3) is 0 Å². The summed E-state index contributed by atoms with van der Waals surface area (Å²) in [5, 5.41) is 0. The largest absolute Gasteiger partial charge is 0.466 e. The summed E-state index contributed by atoms with van der Waals surface area (Å²) in [4.78, 5) is 10.9. The van der Waals surface area contributed by atoms with Gasteiger partial charge in [-0.05, 0) is 18.8 Å². The van der Waals surface area contributed by atoms with Gasteiger partial charge in [0.2, 0.25) is 0 Å². The van der Waals surface area contributed by atoms with Gasteiger partial charge in [0.15, 0.2) is 0 Å². The second-order valence-electron chi connectivity index (χ2n) is 3.51. The first-order chi connectivity index (χ1) is 6.20. The van der Waals surface area contributed by atoms with Crippen molar-refractivity contribution >= 4 is 5.97 Å². The lowest BCUT2D eigenvalue weighted by atomic mass is 10.0. The van der Waals surface area contributed by atoms with Crippen LogP contribution >= 0.6 is 0 Å². The Hall–Kier alpha value is -0.530. The quantitative estimate of drug-likeness (QED) is 0.570. The summed E-state index contributed by atoms with van der Waals surface area (Å²) in [5.74, 6) is 0.552. The number of hydrogen-bond acceptors (Lipinski definition) is 2. The molecule has 0 aromatic heterocycles. The Labute approximate surface area is 81.7 Å². The monoisotopic (exact) mass is 185 g/mol. The van der Waals surface area contributed by atoms with Crippen LogP contribution in [0.1, 0.15) is 46.0 Å². The minimum atomic E-state index is -0.0654. The molecule has 0 heterocycles. The summed E-state index contributed by atoms with van der Waals surface area (Å²) >= 11 is 0. The van der Waals surface area contributed by atoms with Crippen molar-refractivity contribution in [3.05, 3.63) is 6.92 Å². The molecule has 0 saturated carbocycles. The summed E-state index contributed by atoms with van der Waals surface area (Å²) in [6.07, 6.45) is 4.46. The van der Waals surface area contributed by atoms with Crippen LogP contribution in [-0.4, -0.2) is 12.6 Å². The minimum Gasteiger partial charge on any atom is -0.466 e. The van der Waals surface area contributed by atoms with Crippen LogP contribution in [0.25, 0.3) is 0 Å². The fraction of sp³-hybridized carbons (Fsp3) is 0.818. The maximum Gasteiger partial charge on any atom is 0.305 e. The molecule has 0 aromatic rings. The number of carbonyl (C=O) groups is 1. The molecule has 0 aromatic carbocycles. The molecule has 2 heteroatoms. The summed E-state index contributed by atoms with van der Waals surface area (Å²) < 4.78 is 5.04. The van der Waals surface area contributed by atoms with E-state index in [9.17, 15) is 4.79 Å². The maximum absolute atomic E-state index is 10.9. The van der Waals surface area contributed by atoms with Gasteiger partial charge in [0.1, 0.15) is 0 Å². The van der Waals surface area contributed by atoms with Gasteiger partial charge in [-0.15, -0.1) is 0 Å². The first-order valence-corrected chi connectivity index (χ1v) is 5.15. The lowest BCUT2D eigenvalue weighted by Gasteiger charge is -2.09. The molecule has 2 nitrogen and oxygen atoms in total. The molecular formula is C11H21O2. The summed E-state index contributed by atoms with van der Waals surface area (Å²) in [6, 6.07) is 0. The molecule has 0 fully saturated rings. The first-order valence-electron chi connectivity index (χ1n) is 5.15. The lowest BCUT2D eigenvalue weighted by Crippen LogP contribution is -2.08. The number of carbonyl (C=O) groups excluding carboxylic acids is 1. The van der Waals surface area contributed by atoms with Crippen molar-refractivity contribution in [3.8, 4) is 0 Å². The second-order valence-corrected chi connectivity index (χ2v) is 3.51. The Morgan fingerprint density at radius 1 is 1.46 bits per heavy atom. The van der Waals surface area contributed by atoms with Gasteiger partial charge in [-0.1, -0.05) is 33.6 Å². The van der Waals surface area contributed by atoms with E-state index in [0.717, 1.165) is 25.7 Å². The van der Waals surface area contributed by atoms with E-state index in [1.54, 1.807) is 0 Å². The van der Waals surface area contributed by atoms with Gasteiger partial charge in [-0.25, -0.2) is 0 Å². The van der Waals surface area contributed by atoms with Crippen LogP contribution in [0.15, 0.2) is 0 Å². The Bertz CT molecular complexity index is 132. The highest BCUT2D eigenvalue weighted by Gasteiger charge is 2.03. The molecule has 13 heavy (non-hydrogen) atoms. The summed E-state index contributed by atoms with van der Waals surface area (Å²) in [6.45, 7) is 8.50. The third-order valence-electron chi connectivity index (χ3n) is 2.02. The van der Waals surface area contributed by atoms with Crippen LogP contribution in [0, 0.1) is 12.8 Å². The average molecular weight is 185 g/mol. The number of rotatable bonds is 7. The van der Waals surface area contributed by atoms with E-state index in [-0.39, 0.29) is 5.97 Å². The third-order valence-corrected chi connectivity index (χ3v) is 2.02. The van der Waals surface area contributed by atoms with Crippen LogP contribution in [0.5, 0.6) is 0 Å². The minimum absolute atomic E-state index is 0.0654. The van der Waals surface area contributed by atoms with E-state index >= 15 is 0 Å². The first kappa shape index (κ1) is 12.5. The topological polar surface area (TPSA) is 26.3 Å². The molecule has 0 bridgehead atoms. The highest BCUT2D eigenvalue weighted by atomic mass is 16.5. The van der Waals surface area contributed by atoms with E-state index in [1.165, 1.54) is 0 Å². The van der Waals surface area contributed by atoms with Crippen LogP contribution in [-0.2, 0) is 9.53 Å². The fourth-order valence-electron chi connectivity index (χ4n) is 1.14. The number of hydrogen-bond donors (Lipinski definition) is 0. The van der Waals surface area contributed by atoms with Crippen molar-refractivity contribution in [2.24, 2.45) is 5.92 Å². The van der Waals surface area contributed by atoms with Gasteiger partial charge in [0, 0.05) is 6.42 Å². The summed E-state index contributed by atoms with van der Waals surface area (Å²) in [7, 11) is 0. The molecule has 1 radical (unpaired) electrons. The predicted octanol–water partition coefficient (Wildman–Crippen LogP) is 2.97. The van der Waals surface area contributed by atoms with Crippen LogP contribution in [0.2, 0.25) is 0 Å². The van der Waals surface area contributed by atoms with Crippen molar-refractivity contribution in [1.29, 1.82) is 0 Å². The zero-order chi connectivity index (χ0) is 10.1. The molecular weight excluding hydrogens is 164 g/mol. The molecule has 0 saturated heterocycles. The van der Waals surface area contributed by atoms with Crippen molar-refractivity contribution in [2.75, 3.05) is 6.61 Å². The van der Waals surface area contributed by atoms with Gasteiger partial charge < -0.3 is 4.74 Å². The van der Waals surface area contributed by atoms with E-state index in [4.69, 9.17) is 4.74 Å². The Morgan fingerprint density at radius 2 is 2.15 bits per heavy atom. The number of esters is 1. The lowest BCUT2D eigenvalue weighted by molar-refractivity contribution is -0.144. The molecule has 0 aliphatic heterocycles. The zero-order valence-electron chi connectivity index (χ0n) is 8.84. The maximum atomic E-state index is 10.9. The molecule has 1 atom stereocenters. The molecule has 0 amide bonds. The van der Waals surface area contributed by atoms with Gasteiger partial charge >= 0.3 is 5.97 Å². The van der Waals surface area contributed by atoms with Gasteiger partial charge in [-0.3, -0.25) is 4.79 Å². The highest BCUT2D eigenvalue weighted by Crippen LogP contribution is 2.09. The van der Waals surface area contributed by atoms with Crippen LogP contribution < -0.4 is 0 Å². The Kier molecular flexibility index (Phi) is 7.76. The molecule has 1 unspecified atom stereocenters. The fourth-order valence-corrected chi connectivity index (χ4v) is 1.14. The normalized spacial score (nSPS) is 12.5. The molecule has 0 rings (SSSR count). The smallest absolute Gasteiger partial charge is 0.305 e. The van der Waals surface area contributed by atoms with Crippen LogP contribution in [0.3, 0.4) is 0 Å². The van der Waals surface area contributed by atoms with E-state index in [1.807, 2.05) is 6.92 Å². The molecule has 0 aliphatic carbocycles. The summed E-state index contributed by atoms with van der Waals surface area (Å²) in [5.41, 5.74) is 0. The van der Waals surface area contributed by atoms with Gasteiger partial charge in [0.05, 0.1) is 6.61 Å². The van der Waals surface area contributed by atoms with E-state index in [2.05, 4.69) is 13.8 Å². The molecule has 0 aliphatic rings. The number of ether oxygens (including phenoxy) is 1. The van der Waals surface area contributed by atoms with Crippen LogP contribution in [0.4, 0.5) is 0 Å². The van der Waals surface area contributed by atoms with Crippen molar-refractivity contribution in [3.63, 3.8) is 0 Å². The van der Waals surface area contributed by atoms with Gasteiger partial charge in [-0.2, -0.15) is 0 Å². The van der Waals surface area contributed by atoms with Crippen molar-refractivity contribution in [1.82, 2.24) is 0 Å². The third kappa shape index (κ3) is 7.82. The molecule has 77 valence electrons. The van der Waals surface area contributed by atoms with Crippen molar-refractivity contribution in [2.45, 2.75) is 46.0 Å². The van der Waals surface area contributed by atoms with E-state index in [0.29, 0.717) is 18.9 Å². The average Bonchev–Trinajstić information content (AvgIpc) is 2.05. The molecule has 0 N–H and O–H groups in total. The Morgan fingerprint density at radius 3 is 2.69 bits per heavy atom. The van der Waals surface area contributed by atoms with E-state index < -0.39 is 0 Å². The zero-order valence-corrected chi connectivity index (χ0v) is 8.84. The van der Waals surface area contributed by atoms with Crippen molar-refractivity contribution < 1.29 is 9.53 Å². The molecule has 0 spiro atoms. The highest BCUT2D eigenvalue weighted by molar-refractivity contribution is 5.69. The SMILES string of the molecule is [CH2]CCC(C)CCOC(=O)CCC. The predicted molar refractivity (Wildman–Crippen MR) is 54.2 cm³/mol. The Balaban J connectivity index is 3.28.